The quantitative estimate of drug-likeness (QED) is 0.650. The number of aromatic nitrogens is 4. The molecule has 0 saturated heterocycles. The summed E-state index contributed by atoms with van der Waals surface area (Å²) in [6.07, 6.45) is 0.0805. The Hall–Kier alpha value is -3.68. The monoisotopic (exact) mass is 418 g/mol. The summed E-state index contributed by atoms with van der Waals surface area (Å²) in [5, 5.41) is 18.2. The highest BCUT2D eigenvalue weighted by atomic mass is 16.5. The summed E-state index contributed by atoms with van der Waals surface area (Å²) in [5.74, 6) is 1.06. The Labute approximate surface area is 181 Å². The van der Waals surface area contributed by atoms with Crippen molar-refractivity contribution in [3.05, 3.63) is 70.4 Å². The predicted molar refractivity (Wildman–Crippen MR) is 119 cm³/mol. The smallest absolute Gasteiger partial charge is 0.255 e. The molecule has 0 fully saturated rings. The van der Waals surface area contributed by atoms with Gasteiger partial charge in [-0.25, -0.2) is 0 Å². The number of allylic oxidation sites excluding steroid dienone is 1. The van der Waals surface area contributed by atoms with Crippen molar-refractivity contribution in [2.75, 3.05) is 10.6 Å². The molecule has 1 aliphatic rings. The number of nitrogens with one attached hydrogen (secondary N) is 2. The second-order valence-corrected chi connectivity index (χ2v) is 7.95. The van der Waals surface area contributed by atoms with Crippen molar-refractivity contribution in [2.45, 2.75) is 46.8 Å². The van der Waals surface area contributed by atoms with Crippen LogP contribution in [0, 0.1) is 13.8 Å². The van der Waals surface area contributed by atoms with E-state index >= 15 is 0 Å². The summed E-state index contributed by atoms with van der Waals surface area (Å²) in [6, 6.07) is 13.1. The Balaban J connectivity index is 1.72. The van der Waals surface area contributed by atoms with E-state index in [2.05, 4.69) is 26.2 Å². The van der Waals surface area contributed by atoms with Crippen LogP contribution in [0.25, 0.3) is 0 Å². The highest BCUT2D eigenvalue weighted by molar-refractivity contribution is 6.06. The normalized spacial score (nSPS) is 15.5. The average molecular weight is 419 g/mol. The van der Waals surface area contributed by atoms with Gasteiger partial charge in [-0.1, -0.05) is 29.4 Å². The van der Waals surface area contributed by atoms with Gasteiger partial charge in [0, 0.05) is 11.4 Å². The van der Waals surface area contributed by atoms with Crippen molar-refractivity contribution in [3.8, 4) is 5.75 Å². The van der Waals surface area contributed by atoms with E-state index in [0.29, 0.717) is 17.2 Å². The first-order chi connectivity index (χ1) is 14.8. The number of benzene rings is 2. The summed E-state index contributed by atoms with van der Waals surface area (Å²) >= 11 is 0. The van der Waals surface area contributed by atoms with E-state index in [-0.39, 0.29) is 12.0 Å². The number of tetrazole rings is 1. The van der Waals surface area contributed by atoms with Crippen LogP contribution in [0.15, 0.2) is 53.7 Å². The molecule has 1 aromatic heterocycles. The maximum Gasteiger partial charge on any atom is 0.255 e. The largest absolute Gasteiger partial charge is 0.491 e. The lowest BCUT2D eigenvalue weighted by Gasteiger charge is -2.28. The molecule has 2 aromatic carbocycles. The fourth-order valence-electron chi connectivity index (χ4n) is 3.69. The number of nitrogens with zero attached hydrogens (tertiary/aromatic N) is 4. The van der Waals surface area contributed by atoms with Crippen LogP contribution >= 0.6 is 0 Å². The van der Waals surface area contributed by atoms with Gasteiger partial charge in [-0.2, -0.15) is 4.68 Å². The van der Waals surface area contributed by atoms with Crippen LogP contribution in [0.3, 0.4) is 0 Å². The molecule has 8 heteroatoms. The fraction of sp³-hybridized carbons (Fsp3) is 0.304. The Kier molecular flexibility index (Phi) is 5.46. The third-order valence-corrected chi connectivity index (χ3v) is 5.38. The van der Waals surface area contributed by atoms with E-state index in [0.717, 1.165) is 28.1 Å². The standard InChI is InChI=1S/C23H26N6O2/c1-13(2)31-18-11-9-17(10-12-18)21-20(16(5)24-23-26-27-28-29(21)23)22(30)25-19-8-6-7-14(3)15(19)4/h6-13,21H,1-5H3,(H,25,30)(H,24,26,28). The van der Waals surface area contributed by atoms with Crippen molar-refractivity contribution >= 4 is 17.5 Å². The fourth-order valence-corrected chi connectivity index (χ4v) is 3.69. The van der Waals surface area contributed by atoms with Crippen LogP contribution in [-0.4, -0.2) is 32.2 Å². The number of ether oxygens (including phenoxy) is 1. The van der Waals surface area contributed by atoms with Crippen LogP contribution in [0.2, 0.25) is 0 Å². The topological polar surface area (TPSA) is 94.0 Å². The Morgan fingerprint density at radius 2 is 1.87 bits per heavy atom. The maximum atomic E-state index is 13.5. The molecule has 1 unspecified atom stereocenters. The molecule has 0 bridgehead atoms. The molecule has 0 spiro atoms. The first-order valence-corrected chi connectivity index (χ1v) is 10.2. The van der Waals surface area contributed by atoms with E-state index in [9.17, 15) is 4.79 Å². The highest BCUT2D eigenvalue weighted by Gasteiger charge is 2.34. The van der Waals surface area contributed by atoms with Crippen molar-refractivity contribution in [3.63, 3.8) is 0 Å². The molecule has 31 heavy (non-hydrogen) atoms. The van der Waals surface area contributed by atoms with Crippen LogP contribution in [-0.2, 0) is 4.79 Å². The summed E-state index contributed by atoms with van der Waals surface area (Å²) in [4.78, 5) is 13.5. The molecule has 0 aliphatic carbocycles. The Bertz CT molecular complexity index is 1150. The number of hydrogen-bond acceptors (Lipinski definition) is 6. The molecule has 0 radical (unpaired) electrons. The second-order valence-electron chi connectivity index (χ2n) is 7.95. The summed E-state index contributed by atoms with van der Waals surface area (Å²) < 4.78 is 7.39. The number of anilines is 2. The predicted octanol–water partition coefficient (Wildman–Crippen LogP) is 4.00. The first kappa shape index (κ1) is 20.6. The molecule has 8 nitrogen and oxygen atoms in total. The van der Waals surface area contributed by atoms with E-state index in [1.807, 2.05) is 77.1 Å². The molecule has 1 aliphatic heterocycles. The zero-order chi connectivity index (χ0) is 22.1. The van der Waals surface area contributed by atoms with Gasteiger partial charge >= 0.3 is 0 Å². The zero-order valence-electron chi connectivity index (χ0n) is 18.3. The van der Waals surface area contributed by atoms with Gasteiger partial charge in [-0.3, -0.25) is 4.79 Å². The lowest BCUT2D eigenvalue weighted by molar-refractivity contribution is -0.113. The van der Waals surface area contributed by atoms with Crippen molar-refractivity contribution in [1.29, 1.82) is 0 Å². The molecule has 0 saturated carbocycles. The van der Waals surface area contributed by atoms with Crippen molar-refractivity contribution in [1.82, 2.24) is 20.2 Å². The van der Waals surface area contributed by atoms with E-state index in [1.54, 1.807) is 4.68 Å². The third kappa shape index (κ3) is 4.01. The van der Waals surface area contributed by atoms with Crippen LogP contribution in [0.1, 0.15) is 43.5 Å². The van der Waals surface area contributed by atoms with Crippen molar-refractivity contribution in [2.24, 2.45) is 0 Å². The lowest BCUT2D eigenvalue weighted by atomic mass is 9.94. The van der Waals surface area contributed by atoms with E-state index < -0.39 is 6.04 Å². The van der Waals surface area contributed by atoms with Gasteiger partial charge in [0.2, 0.25) is 5.95 Å². The summed E-state index contributed by atoms with van der Waals surface area (Å²) in [6.45, 7) is 9.84. The van der Waals surface area contributed by atoms with Gasteiger partial charge in [-0.05, 0) is 79.9 Å². The number of aryl methyl sites for hydroxylation is 1. The molecular formula is C23H26N6O2. The minimum absolute atomic E-state index is 0.0805. The minimum Gasteiger partial charge on any atom is -0.491 e. The Morgan fingerprint density at radius 1 is 1.13 bits per heavy atom. The second kappa shape index (κ2) is 8.22. The highest BCUT2D eigenvalue weighted by Crippen LogP contribution is 2.35. The number of amides is 1. The summed E-state index contributed by atoms with van der Waals surface area (Å²) in [5.41, 5.74) is 5.08. The molecule has 2 heterocycles. The number of hydrogen-bond donors (Lipinski definition) is 2. The van der Waals surface area contributed by atoms with Crippen LogP contribution in [0.4, 0.5) is 11.6 Å². The molecule has 4 rings (SSSR count). The molecule has 1 amide bonds. The number of fused-ring (bicyclic) bond motifs is 1. The molecule has 160 valence electrons. The third-order valence-electron chi connectivity index (χ3n) is 5.38. The van der Waals surface area contributed by atoms with Crippen molar-refractivity contribution < 1.29 is 9.53 Å². The van der Waals surface area contributed by atoms with E-state index in [1.165, 1.54) is 0 Å². The summed E-state index contributed by atoms with van der Waals surface area (Å²) in [7, 11) is 0. The van der Waals surface area contributed by atoms with Gasteiger partial charge in [-0.15, -0.1) is 0 Å². The van der Waals surface area contributed by atoms with Crippen LogP contribution in [0.5, 0.6) is 5.75 Å². The van der Waals surface area contributed by atoms with Gasteiger partial charge < -0.3 is 15.4 Å². The van der Waals surface area contributed by atoms with E-state index in [4.69, 9.17) is 4.74 Å². The van der Waals surface area contributed by atoms with Gasteiger partial charge in [0.15, 0.2) is 0 Å². The zero-order valence-corrected chi connectivity index (χ0v) is 18.3. The lowest BCUT2D eigenvalue weighted by Crippen LogP contribution is -2.31. The molecular weight excluding hydrogens is 392 g/mol. The molecule has 1 atom stereocenters. The number of carbonyl (C=O) groups is 1. The van der Waals surface area contributed by atoms with Gasteiger partial charge in [0.1, 0.15) is 11.8 Å². The Morgan fingerprint density at radius 3 is 2.58 bits per heavy atom. The average Bonchev–Trinajstić information content (AvgIpc) is 3.18. The minimum atomic E-state index is -0.468. The van der Waals surface area contributed by atoms with Crippen LogP contribution < -0.4 is 15.4 Å². The number of carbonyl (C=O) groups excluding carboxylic acids is 1. The molecule has 2 N–H and O–H groups in total. The first-order valence-electron chi connectivity index (χ1n) is 10.2. The number of rotatable bonds is 5. The SMILES string of the molecule is CC1=C(C(=O)Nc2cccc(C)c2C)C(c2ccc(OC(C)C)cc2)n2nnnc2N1. The van der Waals surface area contributed by atoms with Gasteiger partial charge in [0.05, 0.1) is 11.7 Å². The maximum absolute atomic E-state index is 13.5. The van der Waals surface area contributed by atoms with Gasteiger partial charge in [0.25, 0.3) is 5.91 Å². The molecule has 3 aromatic rings.